The molecule has 0 aromatic carbocycles. The van der Waals surface area contributed by atoms with Crippen molar-refractivity contribution in [2.75, 3.05) is 26.0 Å². The number of carboxylic acids is 1. The molecule has 21 heavy (non-hydrogen) atoms. The van der Waals surface area contributed by atoms with Crippen molar-refractivity contribution < 1.29 is 14.7 Å². The molecule has 0 aliphatic heterocycles. The molecule has 0 radical (unpaired) electrons. The normalized spacial score (nSPS) is 10.2. The van der Waals surface area contributed by atoms with Gasteiger partial charge in [0.25, 0.3) is 5.91 Å². The van der Waals surface area contributed by atoms with Gasteiger partial charge in [-0.1, -0.05) is 12.8 Å². The minimum atomic E-state index is -0.732. The van der Waals surface area contributed by atoms with Gasteiger partial charge < -0.3 is 15.3 Å². The molecule has 2 N–H and O–H groups in total. The summed E-state index contributed by atoms with van der Waals surface area (Å²) in [5, 5.41) is 11.7. The number of rotatable bonds is 9. The van der Waals surface area contributed by atoms with E-state index in [1.807, 2.05) is 0 Å². The standard InChI is InChI=1S/C15H23N3O3/c1-18(2)15(21)12-8-9-13(17-11-12)16-10-6-4-3-5-7-14(19)20/h8-9,11H,3-7,10H2,1-2H3,(H,16,17)(H,19,20). The Labute approximate surface area is 125 Å². The molecule has 0 fully saturated rings. The van der Waals surface area contributed by atoms with Crippen molar-refractivity contribution in [2.24, 2.45) is 0 Å². The highest BCUT2D eigenvalue weighted by molar-refractivity contribution is 5.93. The maximum Gasteiger partial charge on any atom is 0.303 e. The second-order valence-corrected chi connectivity index (χ2v) is 5.12. The third kappa shape index (κ3) is 6.74. The number of aliphatic carboxylic acids is 1. The van der Waals surface area contributed by atoms with Gasteiger partial charge in [-0.25, -0.2) is 4.98 Å². The quantitative estimate of drug-likeness (QED) is 0.682. The average Bonchev–Trinajstić information content (AvgIpc) is 2.45. The number of hydrogen-bond donors (Lipinski definition) is 2. The lowest BCUT2D eigenvalue weighted by molar-refractivity contribution is -0.137. The van der Waals surface area contributed by atoms with Crippen LogP contribution in [0.5, 0.6) is 0 Å². The maximum atomic E-state index is 11.7. The van der Waals surface area contributed by atoms with Gasteiger partial charge in [0.15, 0.2) is 0 Å². The van der Waals surface area contributed by atoms with E-state index in [0.29, 0.717) is 5.56 Å². The van der Waals surface area contributed by atoms with Gasteiger partial charge in [-0.15, -0.1) is 0 Å². The van der Waals surface area contributed by atoms with Crippen molar-refractivity contribution >= 4 is 17.7 Å². The molecule has 116 valence electrons. The van der Waals surface area contributed by atoms with Crippen LogP contribution < -0.4 is 5.32 Å². The molecule has 0 unspecified atom stereocenters. The van der Waals surface area contributed by atoms with Crippen molar-refractivity contribution in [3.8, 4) is 0 Å². The summed E-state index contributed by atoms with van der Waals surface area (Å²) in [6.45, 7) is 0.793. The third-order valence-corrected chi connectivity index (χ3v) is 3.04. The van der Waals surface area contributed by atoms with Gasteiger partial charge >= 0.3 is 5.97 Å². The molecule has 1 heterocycles. The Balaban J connectivity index is 2.21. The van der Waals surface area contributed by atoms with E-state index in [9.17, 15) is 9.59 Å². The Morgan fingerprint density at radius 3 is 2.48 bits per heavy atom. The zero-order valence-corrected chi connectivity index (χ0v) is 12.6. The molecule has 0 spiro atoms. The fourth-order valence-electron chi connectivity index (χ4n) is 1.85. The lowest BCUT2D eigenvalue weighted by atomic mass is 10.1. The summed E-state index contributed by atoms with van der Waals surface area (Å²) >= 11 is 0. The Hall–Kier alpha value is -2.11. The van der Waals surface area contributed by atoms with E-state index >= 15 is 0 Å². The maximum absolute atomic E-state index is 11.7. The van der Waals surface area contributed by atoms with E-state index in [1.54, 1.807) is 32.4 Å². The van der Waals surface area contributed by atoms with E-state index in [1.165, 1.54) is 4.90 Å². The molecular weight excluding hydrogens is 270 g/mol. The Bertz CT molecular complexity index is 458. The van der Waals surface area contributed by atoms with Crippen LogP contribution in [-0.2, 0) is 4.79 Å². The number of unbranched alkanes of at least 4 members (excludes halogenated alkanes) is 3. The molecule has 1 aromatic rings. The van der Waals surface area contributed by atoms with Crippen molar-refractivity contribution in [1.82, 2.24) is 9.88 Å². The first kappa shape index (κ1) is 16.9. The van der Waals surface area contributed by atoms with Gasteiger partial charge in [-0.3, -0.25) is 9.59 Å². The molecule has 0 saturated carbocycles. The lowest BCUT2D eigenvalue weighted by Crippen LogP contribution is -2.21. The van der Waals surface area contributed by atoms with E-state index in [0.717, 1.165) is 38.0 Å². The van der Waals surface area contributed by atoms with E-state index in [4.69, 9.17) is 5.11 Å². The highest BCUT2D eigenvalue weighted by Gasteiger charge is 2.07. The molecular formula is C15H23N3O3. The fraction of sp³-hybridized carbons (Fsp3) is 0.533. The van der Waals surface area contributed by atoms with Crippen LogP contribution in [0.3, 0.4) is 0 Å². The number of carbonyl (C=O) groups is 2. The molecule has 1 rings (SSSR count). The van der Waals surface area contributed by atoms with Gasteiger partial charge in [-0.05, 0) is 25.0 Å². The average molecular weight is 293 g/mol. The Kier molecular flexibility index (Phi) is 7.21. The van der Waals surface area contributed by atoms with Gasteiger partial charge in [0, 0.05) is 33.3 Å². The zero-order chi connectivity index (χ0) is 15.7. The molecule has 0 aliphatic rings. The predicted octanol–water partition coefficient (Wildman–Crippen LogP) is 2.23. The van der Waals surface area contributed by atoms with Crippen molar-refractivity contribution in [1.29, 1.82) is 0 Å². The van der Waals surface area contributed by atoms with Gasteiger partial charge in [0.1, 0.15) is 5.82 Å². The van der Waals surface area contributed by atoms with Gasteiger partial charge in [0.2, 0.25) is 0 Å². The lowest BCUT2D eigenvalue weighted by Gasteiger charge is -2.10. The van der Waals surface area contributed by atoms with Gasteiger partial charge in [0.05, 0.1) is 5.56 Å². The summed E-state index contributed by atoms with van der Waals surface area (Å²) in [5.41, 5.74) is 0.569. The Morgan fingerprint density at radius 1 is 1.19 bits per heavy atom. The number of amides is 1. The molecule has 0 atom stereocenters. The molecule has 6 heteroatoms. The first-order chi connectivity index (χ1) is 10.0. The summed E-state index contributed by atoms with van der Waals surface area (Å²) in [6.07, 6.45) is 5.44. The monoisotopic (exact) mass is 293 g/mol. The smallest absolute Gasteiger partial charge is 0.303 e. The highest BCUT2D eigenvalue weighted by atomic mass is 16.4. The zero-order valence-electron chi connectivity index (χ0n) is 12.6. The number of carbonyl (C=O) groups excluding carboxylic acids is 1. The van der Waals surface area contributed by atoms with E-state index < -0.39 is 5.97 Å². The summed E-state index contributed by atoms with van der Waals surface area (Å²) in [6, 6.07) is 3.55. The molecule has 6 nitrogen and oxygen atoms in total. The first-order valence-electron chi connectivity index (χ1n) is 7.14. The summed E-state index contributed by atoms with van der Waals surface area (Å²) in [4.78, 5) is 27.7. The number of anilines is 1. The number of pyridine rings is 1. The number of nitrogens with one attached hydrogen (secondary N) is 1. The van der Waals surface area contributed by atoms with Crippen LogP contribution in [0.15, 0.2) is 18.3 Å². The van der Waals surface area contributed by atoms with Crippen LogP contribution in [0.2, 0.25) is 0 Å². The van der Waals surface area contributed by atoms with Crippen LogP contribution in [0.1, 0.15) is 42.5 Å². The third-order valence-electron chi connectivity index (χ3n) is 3.04. The first-order valence-corrected chi connectivity index (χ1v) is 7.14. The number of aromatic nitrogens is 1. The van der Waals surface area contributed by atoms with Crippen molar-refractivity contribution in [3.63, 3.8) is 0 Å². The largest absolute Gasteiger partial charge is 0.481 e. The van der Waals surface area contributed by atoms with Crippen molar-refractivity contribution in [3.05, 3.63) is 23.9 Å². The molecule has 0 aliphatic carbocycles. The summed E-state index contributed by atoms with van der Waals surface area (Å²) in [7, 11) is 3.41. The minimum Gasteiger partial charge on any atom is -0.481 e. The molecule has 0 saturated heterocycles. The topological polar surface area (TPSA) is 82.5 Å². The number of hydrogen-bond acceptors (Lipinski definition) is 4. The van der Waals surface area contributed by atoms with Crippen LogP contribution in [-0.4, -0.2) is 47.5 Å². The van der Waals surface area contributed by atoms with Crippen LogP contribution in [0, 0.1) is 0 Å². The van der Waals surface area contributed by atoms with Crippen LogP contribution in [0.25, 0.3) is 0 Å². The van der Waals surface area contributed by atoms with E-state index in [2.05, 4.69) is 10.3 Å². The summed E-state index contributed by atoms with van der Waals surface area (Å²) < 4.78 is 0. The second kappa shape index (κ2) is 8.94. The number of nitrogens with zero attached hydrogens (tertiary/aromatic N) is 2. The van der Waals surface area contributed by atoms with Gasteiger partial charge in [-0.2, -0.15) is 0 Å². The highest BCUT2D eigenvalue weighted by Crippen LogP contribution is 2.08. The molecule has 0 bridgehead atoms. The Morgan fingerprint density at radius 2 is 1.90 bits per heavy atom. The van der Waals surface area contributed by atoms with Crippen LogP contribution in [0.4, 0.5) is 5.82 Å². The SMILES string of the molecule is CN(C)C(=O)c1ccc(NCCCCCCC(=O)O)nc1. The minimum absolute atomic E-state index is 0.0625. The fourth-order valence-corrected chi connectivity index (χ4v) is 1.85. The molecule has 1 amide bonds. The predicted molar refractivity (Wildman–Crippen MR) is 81.5 cm³/mol. The summed E-state index contributed by atoms with van der Waals surface area (Å²) in [5.74, 6) is -0.0481. The van der Waals surface area contributed by atoms with E-state index in [-0.39, 0.29) is 12.3 Å². The van der Waals surface area contributed by atoms with Crippen LogP contribution >= 0.6 is 0 Å². The molecule has 1 aromatic heterocycles. The van der Waals surface area contributed by atoms with Crippen molar-refractivity contribution in [2.45, 2.75) is 32.1 Å². The second-order valence-electron chi connectivity index (χ2n) is 5.12. The number of carboxylic acid groups (broad SMARTS) is 1.